The van der Waals surface area contributed by atoms with Gasteiger partial charge in [0.25, 0.3) is 0 Å². The third kappa shape index (κ3) is 7.64. The van der Waals surface area contributed by atoms with Gasteiger partial charge in [-0.2, -0.15) is 0 Å². The summed E-state index contributed by atoms with van der Waals surface area (Å²) in [4.78, 5) is 0. The monoisotopic (exact) mass is 586 g/mol. The van der Waals surface area contributed by atoms with Crippen LogP contribution in [-0.2, 0) is 35.7 Å². The molecule has 3 heteroatoms. The molecule has 2 aromatic rings. The van der Waals surface area contributed by atoms with Crippen molar-refractivity contribution in [1.82, 2.24) is 0 Å². The van der Waals surface area contributed by atoms with Gasteiger partial charge < -0.3 is 0 Å². The Morgan fingerprint density at radius 2 is 0.968 bits per heavy atom. The van der Waals surface area contributed by atoms with E-state index in [1.807, 2.05) is 6.66 Å². The second-order valence-electron chi connectivity index (χ2n) is 8.02. The quantitative estimate of drug-likeness (QED) is 0.250. The third-order valence-corrected chi connectivity index (χ3v) is 11.8. The van der Waals surface area contributed by atoms with Gasteiger partial charge in [0.1, 0.15) is 0 Å². The molecule has 2 aromatic carbocycles. The zero-order valence-electron chi connectivity index (χ0n) is 18.1. The maximum absolute atomic E-state index is 2.44. The summed E-state index contributed by atoms with van der Waals surface area (Å²) >= 11 is -0.862. The standard InChI is InChI=1S/2C14H15.2FH.Hf/c2*1-2-7-13(8-3-1)11-6-12-14-9-4-5-10-14;;;/h2*1-4,7-9H,5-6,11-12H2;2*1H;. The zero-order valence-corrected chi connectivity index (χ0v) is 21.6. The van der Waals surface area contributed by atoms with Gasteiger partial charge in [-0.15, -0.1) is 0 Å². The Hall–Kier alpha value is -1.87. The topological polar surface area (TPSA) is 0 Å². The van der Waals surface area contributed by atoms with Crippen molar-refractivity contribution in [2.45, 2.75) is 51.4 Å². The van der Waals surface area contributed by atoms with E-state index in [2.05, 4.69) is 85.0 Å². The van der Waals surface area contributed by atoms with E-state index in [0.717, 1.165) is 0 Å². The van der Waals surface area contributed by atoms with E-state index in [1.165, 1.54) is 62.5 Å². The average Bonchev–Trinajstić information content (AvgIpc) is 3.40. The van der Waals surface area contributed by atoms with Crippen LogP contribution in [0.25, 0.3) is 0 Å². The van der Waals surface area contributed by atoms with Crippen molar-refractivity contribution in [2.75, 3.05) is 0 Å². The number of rotatable bonds is 10. The molecular weight excluding hydrogens is 553 g/mol. The van der Waals surface area contributed by atoms with Gasteiger partial charge in [0, 0.05) is 0 Å². The van der Waals surface area contributed by atoms with Crippen LogP contribution in [-0.4, -0.2) is 0 Å². The predicted molar refractivity (Wildman–Crippen MR) is 125 cm³/mol. The van der Waals surface area contributed by atoms with E-state index in [0.29, 0.717) is 0 Å². The van der Waals surface area contributed by atoms with Crippen molar-refractivity contribution in [3.8, 4) is 0 Å². The minimum Gasteiger partial charge on any atom is -0.269 e. The molecule has 0 N–H and O–H groups in total. The molecule has 4 rings (SSSR count). The number of aryl methyl sites for hydroxylation is 2. The predicted octanol–water partition coefficient (Wildman–Crippen LogP) is 7.85. The van der Waals surface area contributed by atoms with E-state index in [4.69, 9.17) is 0 Å². The van der Waals surface area contributed by atoms with Crippen molar-refractivity contribution in [2.24, 2.45) is 0 Å². The van der Waals surface area contributed by atoms with E-state index in [-0.39, 0.29) is 9.41 Å². The summed E-state index contributed by atoms with van der Waals surface area (Å²) in [5.41, 5.74) is 6.32. The van der Waals surface area contributed by atoms with Crippen LogP contribution in [0.3, 0.4) is 0 Å². The number of hydrogen-bond donors (Lipinski definition) is 0. The van der Waals surface area contributed by atoms with Crippen molar-refractivity contribution < 1.29 is 32.3 Å². The molecule has 0 atom stereocenters. The minimum atomic E-state index is -0.862. The molecule has 162 valence electrons. The van der Waals surface area contributed by atoms with Crippen molar-refractivity contribution in [3.63, 3.8) is 0 Å². The van der Waals surface area contributed by atoms with Gasteiger partial charge in [0.05, 0.1) is 0 Å². The first-order valence-electron chi connectivity index (χ1n) is 11.0. The van der Waals surface area contributed by atoms with Gasteiger partial charge >= 0.3 is 188 Å². The number of allylic oxidation sites excluding steroid dienone is 8. The van der Waals surface area contributed by atoms with Crippen molar-refractivity contribution in [3.05, 3.63) is 114 Å². The first-order valence-corrected chi connectivity index (χ1v) is 14.6. The summed E-state index contributed by atoms with van der Waals surface area (Å²) in [5.74, 6) is 0. The van der Waals surface area contributed by atoms with Crippen LogP contribution >= 0.6 is 0 Å². The van der Waals surface area contributed by atoms with Crippen LogP contribution in [0.4, 0.5) is 9.41 Å². The maximum Gasteiger partial charge on any atom is -0.269 e. The van der Waals surface area contributed by atoms with Gasteiger partial charge in [0.2, 0.25) is 0 Å². The van der Waals surface area contributed by atoms with E-state index in [9.17, 15) is 0 Å². The number of benzene rings is 2. The van der Waals surface area contributed by atoms with E-state index < -0.39 is 22.9 Å². The fourth-order valence-electron chi connectivity index (χ4n) is 4.27. The zero-order chi connectivity index (χ0) is 19.7. The first kappa shape index (κ1) is 25.4. The Morgan fingerprint density at radius 3 is 1.39 bits per heavy atom. The molecule has 0 fully saturated rings. The summed E-state index contributed by atoms with van der Waals surface area (Å²) in [6.07, 6.45) is 19.7. The Morgan fingerprint density at radius 1 is 0.548 bits per heavy atom. The van der Waals surface area contributed by atoms with Gasteiger partial charge in [-0.25, -0.2) is 0 Å². The van der Waals surface area contributed by atoms with Gasteiger partial charge in [0.15, 0.2) is 0 Å². The molecule has 31 heavy (non-hydrogen) atoms. The summed E-state index contributed by atoms with van der Waals surface area (Å²) < 4.78 is 3.72. The molecule has 2 aliphatic rings. The van der Waals surface area contributed by atoms with E-state index in [1.54, 1.807) is 11.1 Å². The first-order chi connectivity index (χ1) is 14.4. The Labute approximate surface area is 196 Å². The Kier molecular flexibility index (Phi) is 11.1. The molecule has 0 bridgehead atoms. The molecule has 0 saturated carbocycles. The second kappa shape index (κ2) is 13.5. The average molecular weight is 585 g/mol. The summed E-state index contributed by atoms with van der Waals surface area (Å²) in [6.45, 7) is 0. The number of hydrogen-bond acceptors (Lipinski definition) is 0. The van der Waals surface area contributed by atoms with Crippen LogP contribution in [0, 0.1) is 0 Å². The van der Waals surface area contributed by atoms with Gasteiger partial charge in [-0.1, -0.05) is 0 Å². The molecule has 0 unspecified atom stereocenters. The molecule has 0 radical (unpaired) electrons. The molecule has 0 aromatic heterocycles. The summed E-state index contributed by atoms with van der Waals surface area (Å²) in [5, 5.41) is 0. The van der Waals surface area contributed by atoms with Crippen LogP contribution in [0.15, 0.2) is 103 Å². The van der Waals surface area contributed by atoms with Crippen LogP contribution < -0.4 is 0 Å². The normalized spacial score (nSPS) is 14.6. The van der Waals surface area contributed by atoms with Gasteiger partial charge in [-0.3, -0.25) is 9.41 Å². The molecular formula is C28H32F2Hf. The van der Waals surface area contributed by atoms with Crippen molar-refractivity contribution in [1.29, 1.82) is 0 Å². The number of halogens is 2. The SMILES string of the molecule is C1=CC(CCCc2ccccc2)=[C]([Hf][C]2=C(CCCc3ccccc3)C=CC2)C1.F.F. The third-order valence-electron chi connectivity index (χ3n) is 5.87. The fourth-order valence-corrected chi connectivity index (χ4v) is 9.81. The molecule has 2 aliphatic carbocycles. The van der Waals surface area contributed by atoms with Crippen LogP contribution in [0.5, 0.6) is 0 Å². The van der Waals surface area contributed by atoms with E-state index >= 15 is 0 Å². The maximum atomic E-state index is 2.44. The Bertz CT molecular complexity index is 846. The molecule has 0 amide bonds. The summed E-state index contributed by atoms with van der Waals surface area (Å²) in [6, 6.07) is 21.9. The minimum absolute atomic E-state index is 0. The summed E-state index contributed by atoms with van der Waals surface area (Å²) in [7, 11) is 0. The molecule has 0 aliphatic heterocycles. The van der Waals surface area contributed by atoms with Crippen molar-refractivity contribution >= 4 is 0 Å². The molecule has 0 nitrogen and oxygen atoms in total. The largest absolute Gasteiger partial charge is 0.269 e. The van der Waals surface area contributed by atoms with Crippen LogP contribution in [0.2, 0.25) is 0 Å². The molecule has 0 heterocycles. The van der Waals surface area contributed by atoms with Gasteiger partial charge in [-0.05, 0) is 0 Å². The molecule has 0 spiro atoms. The van der Waals surface area contributed by atoms with Crippen LogP contribution in [0.1, 0.15) is 49.7 Å². The molecule has 0 saturated heterocycles. The smallest absolute Gasteiger partial charge is 0.269 e. The second-order valence-corrected chi connectivity index (χ2v) is 13.3. The Balaban J connectivity index is 0.00000171. The fraction of sp³-hybridized carbons (Fsp3) is 0.286.